The molecular formula is C26H36O7. The van der Waals surface area contributed by atoms with Crippen LogP contribution in [-0.4, -0.2) is 47.2 Å². The van der Waals surface area contributed by atoms with Crippen LogP contribution in [0.25, 0.3) is 0 Å². The van der Waals surface area contributed by atoms with Crippen molar-refractivity contribution in [3.8, 4) is 23.0 Å². The molecule has 0 aliphatic carbocycles. The molecule has 0 saturated carbocycles. The summed E-state index contributed by atoms with van der Waals surface area (Å²) in [5.41, 5.74) is 1.67. The largest absolute Gasteiger partial charge is 0.507 e. The van der Waals surface area contributed by atoms with Crippen molar-refractivity contribution in [1.82, 2.24) is 0 Å². The van der Waals surface area contributed by atoms with Gasteiger partial charge in [-0.05, 0) is 49.6 Å². The number of carbonyl (C=O) groups is 1. The molecule has 0 aliphatic rings. The van der Waals surface area contributed by atoms with E-state index in [1.54, 1.807) is 30.3 Å². The van der Waals surface area contributed by atoms with Crippen LogP contribution in [0.1, 0.15) is 67.9 Å². The van der Waals surface area contributed by atoms with Gasteiger partial charge in [0.05, 0.1) is 25.4 Å². The second-order valence-electron chi connectivity index (χ2n) is 7.99. The molecule has 0 unspecified atom stereocenters. The zero-order valence-corrected chi connectivity index (χ0v) is 19.8. The van der Waals surface area contributed by atoms with E-state index >= 15 is 0 Å². The van der Waals surface area contributed by atoms with Crippen molar-refractivity contribution in [1.29, 1.82) is 0 Å². The maximum Gasteiger partial charge on any atom is 0.163 e. The smallest absolute Gasteiger partial charge is 0.163 e. The topological polar surface area (TPSA) is 105 Å². The molecule has 2 aromatic carbocycles. The van der Waals surface area contributed by atoms with Gasteiger partial charge in [-0.1, -0.05) is 26.7 Å². The second-order valence-corrected chi connectivity index (χ2v) is 7.99. The Kier molecular flexibility index (Phi) is 11.0. The number of Topliss-reactive ketones (excluding diaryl/α,β-unsaturated/α-hetero) is 1. The molecule has 0 radical (unpaired) electrons. The molecule has 3 N–H and O–H groups in total. The van der Waals surface area contributed by atoms with E-state index in [2.05, 4.69) is 6.92 Å². The number of ketones is 1. The second kappa shape index (κ2) is 13.7. The molecule has 0 bridgehead atoms. The zero-order valence-electron chi connectivity index (χ0n) is 19.8. The fourth-order valence-electron chi connectivity index (χ4n) is 3.42. The SMILES string of the molecule is CCCCOc1cc(CC(O)O)cc(OCCCOc2ccc(C(C)=O)c(O)c2CCC)c1. The zero-order chi connectivity index (χ0) is 24.2. The Balaban J connectivity index is 1.95. The fourth-order valence-corrected chi connectivity index (χ4v) is 3.42. The van der Waals surface area contributed by atoms with Gasteiger partial charge in [0.15, 0.2) is 12.1 Å². The van der Waals surface area contributed by atoms with Gasteiger partial charge in [0.2, 0.25) is 0 Å². The predicted octanol–water partition coefficient (Wildman–Crippen LogP) is 4.43. The molecule has 7 nitrogen and oxygen atoms in total. The lowest BCUT2D eigenvalue weighted by Gasteiger charge is -2.15. The summed E-state index contributed by atoms with van der Waals surface area (Å²) in [6.45, 7) is 6.87. The third-order valence-corrected chi connectivity index (χ3v) is 5.06. The molecule has 182 valence electrons. The first-order valence-corrected chi connectivity index (χ1v) is 11.6. The van der Waals surface area contributed by atoms with Gasteiger partial charge in [-0.2, -0.15) is 0 Å². The van der Waals surface area contributed by atoms with E-state index in [1.807, 2.05) is 6.92 Å². The Morgan fingerprint density at radius 1 is 0.909 bits per heavy atom. The average molecular weight is 461 g/mol. The number of hydrogen-bond donors (Lipinski definition) is 3. The van der Waals surface area contributed by atoms with E-state index in [9.17, 15) is 20.1 Å². The first-order valence-electron chi connectivity index (χ1n) is 11.6. The Morgan fingerprint density at radius 2 is 1.55 bits per heavy atom. The number of hydrogen-bond acceptors (Lipinski definition) is 7. The van der Waals surface area contributed by atoms with Crippen molar-refractivity contribution >= 4 is 5.78 Å². The molecule has 2 rings (SSSR count). The van der Waals surface area contributed by atoms with E-state index in [1.165, 1.54) is 6.92 Å². The standard InChI is InChI=1S/C26H36O7/c1-4-6-11-31-20-14-19(16-25(28)29)15-21(17-20)32-12-7-13-33-24-10-9-22(18(3)27)26(30)23(24)8-5-2/h9-10,14-15,17,25,28-30H,4-8,11-13,16H2,1-3H3. The summed E-state index contributed by atoms with van der Waals surface area (Å²) >= 11 is 0. The van der Waals surface area contributed by atoms with Crippen LogP contribution in [0.3, 0.4) is 0 Å². The van der Waals surface area contributed by atoms with Crippen LogP contribution >= 0.6 is 0 Å². The van der Waals surface area contributed by atoms with Gasteiger partial charge in [-0.3, -0.25) is 4.79 Å². The lowest BCUT2D eigenvalue weighted by molar-refractivity contribution is -0.0381. The van der Waals surface area contributed by atoms with Crippen LogP contribution in [0.15, 0.2) is 30.3 Å². The Morgan fingerprint density at radius 3 is 2.12 bits per heavy atom. The Hall–Kier alpha value is -2.77. The van der Waals surface area contributed by atoms with Crippen molar-refractivity contribution in [3.63, 3.8) is 0 Å². The normalized spacial score (nSPS) is 11.0. The monoisotopic (exact) mass is 460 g/mol. The molecule has 7 heteroatoms. The molecule has 0 aliphatic heterocycles. The van der Waals surface area contributed by atoms with Gasteiger partial charge in [-0.15, -0.1) is 0 Å². The summed E-state index contributed by atoms with van der Waals surface area (Å²) in [4.78, 5) is 11.7. The highest BCUT2D eigenvalue weighted by Crippen LogP contribution is 2.33. The van der Waals surface area contributed by atoms with Gasteiger partial charge in [0.1, 0.15) is 23.0 Å². The van der Waals surface area contributed by atoms with Gasteiger partial charge in [0, 0.05) is 24.5 Å². The molecule has 0 saturated heterocycles. The number of aliphatic hydroxyl groups is 2. The number of aromatic hydroxyl groups is 1. The maximum atomic E-state index is 11.7. The van der Waals surface area contributed by atoms with Crippen LogP contribution < -0.4 is 14.2 Å². The fraction of sp³-hybridized carbons (Fsp3) is 0.500. The summed E-state index contributed by atoms with van der Waals surface area (Å²) < 4.78 is 17.5. The number of phenols is 1. The third kappa shape index (κ3) is 8.59. The predicted molar refractivity (Wildman–Crippen MR) is 126 cm³/mol. The molecule has 0 amide bonds. The summed E-state index contributed by atoms with van der Waals surface area (Å²) in [6, 6.07) is 8.67. The molecule has 0 aromatic heterocycles. The minimum Gasteiger partial charge on any atom is -0.507 e. The van der Waals surface area contributed by atoms with Gasteiger partial charge >= 0.3 is 0 Å². The Bertz CT molecular complexity index is 892. The lowest BCUT2D eigenvalue weighted by atomic mass is 10.0. The van der Waals surface area contributed by atoms with E-state index in [0.717, 1.165) is 24.8 Å². The summed E-state index contributed by atoms with van der Waals surface area (Å²) in [5, 5.41) is 29.1. The van der Waals surface area contributed by atoms with Crippen molar-refractivity contribution in [2.45, 2.75) is 65.6 Å². The van der Waals surface area contributed by atoms with Crippen LogP contribution in [-0.2, 0) is 12.8 Å². The number of rotatable bonds is 15. The number of aliphatic hydroxyl groups excluding tert-OH is 1. The molecule has 2 aromatic rings. The van der Waals surface area contributed by atoms with Crippen LogP contribution in [0.2, 0.25) is 0 Å². The molecule has 0 fully saturated rings. The minimum absolute atomic E-state index is 0.00316. The lowest BCUT2D eigenvalue weighted by Crippen LogP contribution is -2.10. The molecular weight excluding hydrogens is 424 g/mol. The first kappa shape index (κ1) is 26.5. The first-order chi connectivity index (χ1) is 15.8. The van der Waals surface area contributed by atoms with Crippen LogP contribution in [0.5, 0.6) is 23.0 Å². The third-order valence-electron chi connectivity index (χ3n) is 5.06. The van der Waals surface area contributed by atoms with E-state index in [-0.39, 0.29) is 18.0 Å². The van der Waals surface area contributed by atoms with Crippen LogP contribution in [0.4, 0.5) is 0 Å². The summed E-state index contributed by atoms with van der Waals surface area (Å²) in [6.07, 6.45) is 2.63. The quantitative estimate of drug-likeness (QED) is 0.205. The number of ether oxygens (including phenoxy) is 3. The highest BCUT2D eigenvalue weighted by molar-refractivity contribution is 5.97. The molecule has 0 heterocycles. The number of unbranched alkanes of at least 4 members (excludes halogenated alkanes) is 1. The highest BCUT2D eigenvalue weighted by atomic mass is 16.5. The average Bonchev–Trinajstić information content (AvgIpc) is 2.75. The maximum absolute atomic E-state index is 11.7. The van der Waals surface area contributed by atoms with Crippen molar-refractivity contribution in [3.05, 3.63) is 47.0 Å². The van der Waals surface area contributed by atoms with Crippen LogP contribution in [0, 0.1) is 0 Å². The van der Waals surface area contributed by atoms with E-state index in [0.29, 0.717) is 61.0 Å². The van der Waals surface area contributed by atoms with Gasteiger partial charge < -0.3 is 29.5 Å². The van der Waals surface area contributed by atoms with Gasteiger partial charge in [0.25, 0.3) is 0 Å². The van der Waals surface area contributed by atoms with E-state index < -0.39 is 6.29 Å². The molecule has 0 spiro atoms. The summed E-state index contributed by atoms with van der Waals surface area (Å²) in [7, 11) is 0. The Labute approximate surface area is 195 Å². The minimum atomic E-state index is -1.44. The van der Waals surface area contributed by atoms with E-state index in [4.69, 9.17) is 14.2 Å². The van der Waals surface area contributed by atoms with Crippen molar-refractivity contribution in [2.75, 3.05) is 19.8 Å². The summed E-state index contributed by atoms with van der Waals surface area (Å²) in [5.74, 6) is 1.62. The molecule has 33 heavy (non-hydrogen) atoms. The number of carbonyl (C=O) groups excluding carboxylic acids is 1. The van der Waals surface area contributed by atoms with Crippen molar-refractivity contribution < 1.29 is 34.3 Å². The number of benzene rings is 2. The molecule has 0 atom stereocenters. The highest BCUT2D eigenvalue weighted by Gasteiger charge is 2.16. The number of phenolic OH excluding ortho intramolecular Hbond substituents is 1. The van der Waals surface area contributed by atoms with Gasteiger partial charge in [-0.25, -0.2) is 0 Å². The van der Waals surface area contributed by atoms with Crippen molar-refractivity contribution in [2.24, 2.45) is 0 Å².